The summed E-state index contributed by atoms with van der Waals surface area (Å²) in [7, 11) is 0. The number of halogens is 3. The van der Waals surface area contributed by atoms with Crippen molar-refractivity contribution in [3.63, 3.8) is 0 Å². The molecule has 2 atom stereocenters. The van der Waals surface area contributed by atoms with Crippen molar-refractivity contribution in [2.24, 2.45) is 5.73 Å². The molecule has 1 amide bonds. The van der Waals surface area contributed by atoms with Gasteiger partial charge in [-0.1, -0.05) is 18.2 Å². The summed E-state index contributed by atoms with van der Waals surface area (Å²) in [5.74, 6) is -0.0812. The summed E-state index contributed by atoms with van der Waals surface area (Å²) >= 11 is 0. The first-order valence-corrected chi connectivity index (χ1v) is 9.39. The molecule has 2 saturated heterocycles. The van der Waals surface area contributed by atoms with Gasteiger partial charge in [0.2, 0.25) is 5.91 Å². The predicted octanol–water partition coefficient (Wildman–Crippen LogP) is 2.29. The predicted molar refractivity (Wildman–Crippen MR) is 94.8 cm³/mol. The molecule has 2 aliphatic heterocycles. The molecule has 0 saturated carbocycles. The van der Waals surface area contributed by atoms with Crippen LogP contribution in [0, 0.1) is 0 Å². The Morgan fingerprint density at radius 1 is 1.22 bits per heavy atom. The molecule has 0 spiro atoms. The fourth-order valence-corrected chi connectivity index (χ4v) is 3.71. The lowest BCUT2D eigenvalue weighted by molar-refractivity contribution is -0.137. The van der Waals surface area contributed by atoms with Gasteiger partial charge in [0.15, 0.2) is 0 Å². The van der Waals surface area contributed by atoms with Crippen LogP contribution in [0.1, 0.15) is 36.8 Å². The zero-order valence-corrected chi connectivity index (χ0v) is 15.2. The number of rotatable bonds is 5. The standard InChI is InChI=1S/C19H26F3N3O2/c20-19(21,22)14-3-1-2-13(10-14)12-25-8-6-15(7-9-25)24-18(26)17-5-4-16(11-23)27-17/h1-3,10,15-17H,4-9,11-12,23H2,(H,24,26)/t16-,17+/m1/s1. The van der Waals surface area contributed by atoms with E-state index >= 15 is 0 Å². The van der Waals surface area contributed by atoms with E-state index in [1.54, 1.807) is 6.07 Å². The SMILES string of the molecule is NC[C@H]1CC[C@@H](C(=O)NC2CCN(Cc3cccc(C(F)(F)F)c3)CC2)O1. The first-order valence-electron chi connectivity index (χ1n) is 9.39. The maximum Gasteiger partial charge on any atom is 0.416 e. The average Bonchev–Trinajstić information content (AvgIpc) is 3.12. The number of benzene rings is 1. The molecule has 150 valence electrons. The monoisotopic (exact) mass is 385 g/mol. The molecule has 2 fully saturated rings. The summed E-state index contributed by atoms with van der Waals surface area (Å²) < 4.78 is 44.1. The molecule has 2 aliphatic rings. The third-order valence-electron chi connectivity index (χ3n) is 5.26. The Labute approximate surface area is 157 Å². The van der Waals surface area contributed by atoms with Gasteiger partial charge in [-0.25, -0.2) is 0 Å². The van der Waals surface area contributed by atoms with Crippen LogP contribution in [0.15, 0.2) is 24.3 Å². The summed E-state index contributed by atoms with van der Waals surface area (Å²) in [6, 6.07) is 5.54. The Morgan fingerprint density at radius 2 is 1.96 bits per heavy atom. The second-order valence-corrected chi connectivity index (χ2v) is 7.32. The number of hydrogen-bond donors (Lipinski definition) is 2. The topological polar surface area (TPSA) is 67.6 Å². The summed E-state index contributed by atoms with van der Waals surface area (Å²) in [6.07, 6.45) is -1.71. The molecule has 0 unspecified atom stereocenters. The van der Waals surface area contributed by atoms with E-state index in [0.717, 1.165) is 38.4 Å². The van der Waals surface area contributed by atoms with Crippen molar-refractivity contribution >= 4 is 5.91 Å². The van der Waals surface area contributed by atoms with E-state index in [0.29, 0.717) is 25.1 Å². The zero-order valence-electron chi connectivity index (χ0n) is 15.2. The molecular formula is C19H26F3N3O2. The number of nitrogens with one attached hydrogen (secondary N) is 1. The number of hydrogen-bond acceptors (Lipinski definition) is 4. The highest BCUT2D eigenvalue weighted by Gasteiger charge is 2.32. The normalized spacial score (nSPS) is 24.9. The minimum atomic E-state index is -4.32. The highest BCUT2D eigenvalue weighted by molar-refractivity contribution is 5.81. The van der Waals surface area contributed by atoms with Crippen LogP contribution >= 0.6 is 0 Å². The molecule has 0 bridgehead atoms. The second-order valence-electron chi connectivity index (χ2n) is 7.32. The third kappa shape index (κ3) is 5.43. The molecule has 1 aromatic rings. The van der Waals surface area contributed by atoms with Gasteiger partial charge in [0.05, 0.1) is 11.7 Å². The minimum absolute atomic E-state index is 0.0324. The molecular weight excluding hydrogens is 359 g/mol. The van der Waals surface area contributed by atoms with Gasteiger partial charge in [0.1, 0.15) is 6.10 Å². The largest absolute Gasteiger partial charge is 0.416 e. The first-order chi connectivity index (χ1) is 12.8. The Hall–Kier alpha value is -1.64. The molecule has 8 heteroatoms. The Bertz CT molecular complexity index is 645. The quantitative estimate of drug-likeness (QED) is 0.816. The number of nitrogens with two attached hydrogens (primary N) is 1. The number of piperidine rings is 1. The summed E-state index contributed by atoms with van der Waals surface area (Å²) in [5.41, 5.74) is 5.60. The molecule has 27 heavy (non-hydrogen) atoms. The van der Waals surface area contributed by atoms with E-state index in [9.17, 15) is 18.0 Å². The maximum atomic E-state index is 12.8. The number of carbonyl (C=O) groups is 1. The molecule has 3 N–H and O–H groups in total. The number of ether oxygens (including phenoxy) is 1. The van der Waals surface area contributed by atoms with Crippen molar-refractivity contribution in [2.45, 2.75) is 56.7 Å². The van der Waals surface area contributed by atoms with Gasteiger partial charge < -0.3 is 15.8 Å². The zero-order chi connectivity index (χ0) is 19.4. The van der Waals surface area contributed by atoms with Gasteiger partial charge in [-0.05, 0) is 37.3 Å². The van der Waals surface area contributed by atoms with Gasteiger partial charge in [-0.15, -0.1) is 0 Å². The highest BCUT2D eigenvalue weighted by Crippen LogP contribution is 2.30. The highest BCUT2D eigenvalue weighted by atomic mass is 19.4. The second kappa shape index (κ2) is 8.58. The molecule has 2 heterocycles. The van der Waals surface area contributed by atoms with E-state index < -0.39 is 17.8 Å². The fraction of sp³-hybridized carbons (Fsp3) is 0.632. The van der Waals surface area contributed by atoms with Gasteiger partial charge in [-0.2, -0.15) is 13.2 Å². The van der Waals surface area contributed by atoms with E-state index in [1.165, 1.54) is 12.1 Å². The first kappa shape index (κ1) is 20.1. The summed E-state index contributed by atoms with van der Waals surface area (Å²) in [5, 5.41) is 3.04. The van der Waals surface area contributed by atoms with Gasteiger partial charge in [0.25, 0.3) is 0 Å². The summed E-state index contributed by atoms with van der Waals surface area (Å²) in [4.78, 5) is 14.4. The average molecular weight is 385 g/mol. The van der Waals surface area contributed by atoms with Crippen molar-refractivity contribution in [1.82, 2.24) is 10.2 Å². The number of alkyl halides is 3. The third-order valence-corrected chi connectivity index (χ3v) is 5.26. The Kier molecular flexibility index (Phi) is 6.39. The van der Waals surface area contributed by atoms with Crippen LogP contribution in [0.2, 0.25) is 0 Å². The lowest BCUT2D eigenvalue weighted by atomic mass is 10.0. The fourth-order valence-electron chi connectivity index (χ4n) is 3.71. The van der Waals surface area contributed by atoms with Gasteiger partial charge in [-0.3, -0.25) is 9.69 Å². The number of nitrogens with zero attached hydrogens (tertiary/aromatic N) is 1. The summed E-state index contributed by atoms with van der Waals surface area (Å²) in [6.45, 7) is 2.38. The maximum absolute atomic E-state index is 12.8. The Morgan fingerprint density at radius 3 is 2.59 bits per heavy atom. The Balaban J connectivity index is 1.45. The van der Waals surface area contributed by atoms with Crippen LogP contribution in [-0.4, -0.2) is 48.7 Å². The molecule has 0 aromatic heterocycles. The minimum Gasteiger partial charge on any atom is -0.364 e. The van der Waals surface area contributed by atoms with Crippen molar-refractivity contribution < 1.29 is 22.7 Å². The van der Waals surface area contributed by atoms with Crippen molar-refractivity contribution in [3.8, 4) is 0 Å². The van der Waals surface area contributed by atoms with Crippen LogP contribution in [-0.2, 0) is 22.3 Å². The number of carbonyl (C=O) groups excluding carboxylic acids is 1. The number of likely N-dealkylation sites (tertiary alicyclic amines) is 1. The van der Waals surface area contributed by atoms with Gasteiger partial charge >= 0.3 is 6.18 Å². The van der Waals surface area contributed by atoms with Crippen molar-refractivity contribution in [1.29, 1.82) is 0 Å². The molecule has 0 aliphatic carbocycles. The van der Waals surface area contributed by atoms with Crippen molar-refractivity contribution in [2.75, 3.05) is 19.6 Å². The van der Waals surface area contributed by atoms with E-state index in [2.05, 4.69) is 10.2 Å². The number of amides is 1. The van der Waals surface area contributed by atoms with E-state index in [4.69, 9.17) is 10.5 Å². The lowest BCUT2D eigenvalue weighted by Gasteiger charge is -2.33. The molecule has 3 rings (SSSR count). The van der Waals surface area contributed by atoms with Crippen LogP contribution in [0.3, 0.4) is 0 Å². The smallest absolute Gasteiger partial charge is 0.364 e. The van der Waals surface area contributed by atoms with E-state index in [-0.39, 0.29) is 18.1 Å². The van der Waals surface area contributed by atoms with Crippen LogP contribution < -0.4 is 11.1 Å². The van der Waals surface area contributed by atoms with Crippen LogP contribution in [0.25, 0.3) is 0 Å². The van der Waals surface area contributed by atoms with Crippen LogP contribution in [0.5, 0.6) is 0 Å². The van der Waals surface area contributed by atoms with Gasteiger partial charge in [0, 0.05) is 32.2 Å². The molecule has 1 aromatic carbocycles. The molecule has 0 radical (unpaired) electrons. The lowest BCUT2D eigenvalue weighted by Crippen LogP contribution is -2.47. The van der Waals surface area contributed by atoms with Crippen molar-refractivity contribution in [3.05, 3.63) is 35.4 Å². The van der Waals surface area contributed by atoms with Crippen LogP contribution in [0.4, 0.5) is 13.2 Å². The molecule has 5 nitrogen and oxygen atoms in total. The van der Waals surface area contributed by atoms with E-state index in [1.807, 2.05) is 0 Å².